The summed E-state index contributed by atoms with van der Waals surface area (Å²) in [5, 5.41) is 8.56. The number of rotatable bonds is 7. The molecule has 90 valence electrons. The number of hydrogen-bond donors (Lipinski definition) is 2. The largest absolute Gasteiger partial charge is 0.479 e. The Bertz CT molecular complexity index is 196. The Morgan fingerprint density at radius 2 is 2.07 bits per heavy atom. The number of alkyl halides is 3. The van der Waals surface area contributed by atoms with E-state index in [2.05, 4.69) is 0 Å². The number of hydrogen-bond acceptors (Lipinski definition) is 3. The first-order chi connectivity index (χ1) is 6.87. The fourth-order valence-corrected chi connectivity index (χ4v) is 0.928. The number of aliphatic carboxylic acids is 1. The monoisotopic (exact) mass is 229 g/mol. The zero-order chi connectivity index (χ0) is 11.9. The van der Waals surface area contributed by atoms with Crippen LogP contribution in [-0.2, 0) is 9.53 Å². The second-order valence-electron chi connectivity index (χ2n) is 2.99. The van der Waals surface area contributed by atoms with Gasteiger partial charge in [0, 0.05) is 13.0 Å². The summed E-state index contributed by atoms with van der Waals surface area (Å²) in [5.41, 5.74) is 5.12. The smallest absolute Gasteiger partial charge is 0.389 e. The summed E-state index contributed by atoms with van der Waals surface area (Å²) >= 11 is 0. The fourth-order valence-electron chi connectivity index (χ4n) is 0.928. The number of ether oxygens (including phenoxy) is 1. The molecule has 0 spiro atoms. The van der Waals surface area contributed by atoms with Gasteiger partial charge in [-0.15, -0.1) is 0 Å². The number of halogens is 3. The summed E-state index contributed by atoms with van der Waals surface area (Å²) in [6.07, 6.45) is -6.44. The highest BCUT2D eigenvalue weighted by atomic mass is 19.4. The van der Waals surface area contributed by atoms with E-state index in [-0.39, 0.29) is 26.0 Å². The van der Waals surface area contributed by atoms with E-state index in [1.807, 2.05) is 0 Å². The minimum Gasteiger partial charge on any atom is -0.479 e. The molecule has 0 radical (unpaired) electrons. The Morgan fingerprint density at radius 1 is 1.47 bits per heavy atom. The van der Waals surface area contributed by atoms with Crippen LogP contribution in [0.4, 0.5) is 13.2 Å². The van der Waals surface area contributed by atoms with Gasteiger partial charge in [0.25, 0.3) is 0 Å². The van der Waals surface area contributed by atoms with Crippen LogP contribution in [0.2, 0.25) is 0 Å². The number of carbonyl (C=O) groups is 1. The van der Waals surface area contributed by atoms with E-state index < -0.39 is 24.7 Å². The normalized spacial score (nSPS) is 13.9. The predicted octanol–water partition coefficient (Wildman–Crippen LogP) is 1.15. The summed E-state index contributed by atoms with van der Waals surface area (Å²) in [6.45, 7) is -0.104. The van der Waals surface area contributed by atoms with Crippen LogP contribution in [0, 0.1) is 0 Å². The summed E-state index contributed by atoms with van der Waals surface area (Å²) in [4.78, 5) is 10.5. The number of carboxylic acids is 1. The summed E-state index contributed by atoms with van der Waals surface area (Å²) < 4.78 is 39.8. The molecule has 0 aliphatic carbocycles. The Balaban J connectivity index is 3.67. The molecule has 15 heavy (non-hydrogen) atoms. The van der Waals surface area contributed by atoms with Crippen LogP contribution < -0.4 is 5.73 Å². The topological polar surface area (TPSA) is 72.5 Å². The Kier molecular flexibility index (Phi) is 6.26. The van der Waals surface area contributed by atoms with Crippen LogP contribution in [0.15, 0.2) is 0 Å². The second-order valence-corrected chi connectivity index (χ2v) is 2.99. The molecule has 1 unspecified atom stereocenters. The molecule has 1 atom stereocenters. The van der Waals surface area contributed by atoms with E-state index in [1.165, 1.54) is 0 Å². The highest BCUT2D eigenvalue weighted by Gasteiger charge is 2.26. The molecule has 0 saturated heterocycles. The lowest BCUT2D eigenvalue weighted by molar-refractivity contribution is -0.153. The third kappa shape index (κ3) is 8.19. The van der Waals surface area contributed by atoms with E-state index in [0.29, 0.717) is 0 Å². The highest BCUT2D eigenvalue weighted by Crippen LogP contribution is 2.21. The molecule has 3 N–H and O–H groups in total. The molecule has 0 aliphatic rings. The van der Waals surface area contributed by atoms with E-state index in [1.54, 1.807) is 0 Å². The third-order valence-corrected chi connectivity index (χ3v) is 1.63. The van der Waals surface area contributed by atoms with Crippen molar-refractivity contribution < 1.29 is 27.8 Å². The van der Waals surface area contributed by atoms with Gasteiger partial charge in [0.05, 0.1) is 0 Å². The van der Waals surface area contributed by atoms with E-state index >= 15 is 0 Å². The molecule has 0 saturated carbocycles. The molecule has 0 fully saturated rings. The van der Waals surface area contributed by atoms with E-state index in [9.17, 15) is 18.0 Å². The van der Waals surface area contributed by atoms with Crippen molar-refractivity contribution in [3.05, 3.63) is 0 Å². The van der Waals surface area contributed by atoms with Gasteiger partial charge in [-0.05, 0) is 19.4 Å². The van der Waals surface area contributed by atoms with Gasteiger partial charge >= 0.3 is 12.1 Å². The van der Waals surface area contributed by atoms with E-state index in [4.69, 9.17) is 15.6 Å². The standard InChI is InChI=1S/C8H14F3NO3/c9-8(10,11)3-1-5-15-6(2-4-12)7(13)14/h6H,1-5,12H2,(H,13,14). The van der Waals surface area contributed by atoms with Crippen LogP contribution in [0.25, 0.3) is 0 Å². The molecule has 0 aromatic carbocycles. The quantitative estimate of drug-likeness (QED) is 0.642. The lowest BCUT2D eigenvalue weighted by Crippen LogP contribution is -2.27. The SMILES string of the molecule is NCCC(OCCCC(F)(F)F)C(=O)O. The average molecular weight is 229 g/mol. The van der Waals surface area contributed by atoms with Gasteiger partial charge in [-0.1, -0.05) is 0 Å². The van der Waals surface area contributed by atoms with Crippen molar-refractivity contribution in [1.29, 1.82) is 0 Å². The molecule has 0 amide bonds. The first-order valence-corrected chi connectivity index (χ1v) is 4.48. The van der Waals surface area contributed by atoms with Crippen LogP contribution in [-0.4, -0.2) is 36.5 Å². The molecule has 0 heterocycles. The molecule has 0 aliphatic heterocycles. The van der Waals surface area contributed by atoms with Crippen molar-refractivity contribution in [2.24, 2.45) is 5.73 Å². The summed E-state index contributed by atoms with van der Waals surface area (Å²) in [5.74, 6) is -1.20. The minimum absolute atomic E-state index is 0.0986. The zero-order valence-corrected chi connectivity index (χ0v) is 8.09. The van der Waals surface area contributed by atoms with E-state index in [0.717, 1.165) is 0 Å². The first-order valence-electron chi connectivity index (χ1n) is 4.48. The molecular weight excluding hydrogens is 215 g/mol. The predicted molar refractivity (Wildman–Crippen MR) is 46.3 cm³/mol. The van der Waals surface area contributed by atoms with Crippen molar-refractivity contribution >= 4 is 5.97 Å². The van der Waals surface area contributed by atoms with Crippen molar-refractivity contribution in [1.82, 2.24) is 0 Å². The Morgan fingerprint density at radius 3 is 2.47 bits per heavy atom. The maximum absolute atomic E-state index is 11.7. The van der Waals surface area contributed by atoms with Crippen LogP contribution in [0.1, 0.15) is 19.3 Å². The first kappa shape index (κ1) is 14.2. The molecule has 0 aromatic rings. The fraction of sp³-hybridized carbons (Fsp3) is 0.875. The Hall–Kier alpha value is -0.820. The van der Waals surface area contributed by atoms with Gasteiger partial charge < -0.3 is 15.6 Å². The molecule has 0 aromatic heterocycles. The number of carboxylic acid groups (broad SMARTS) is 1. The zero-order valence-electron chi connectivity index (χ0n) is 8.09. The van der Waals surface area contributed by atoms with Gasteiger partial charge in [0.1, 0.15) is 0 Å². The van der Waals surface area contributed by atoms with Crippen LogP contribution >= 0.6 is 0 Å². The number of nitrogens with two attached hydrogens (primary N) is 1. The van der Waals surface area contributed by atoms with Gasteiger partial charge in [0.2, 0.25) is 0 Å². The third-order valence-electron chi connectivity index (χ3n) is 1.63. The lowest BCUT2D eigenvalue weighted by Gasteiger charge is -2.12. The maximum Gasteiger partial charge on any atom is 0.389 e. The molecule has 7 heteroatoms. The van der Waals surface area contributed by atoms with Gasteiger partial charge in [0.15, 0.2) is 6.10 Å². The van der Waals surface area contributed by atoms with Gasteiger partial charge in [-0.2, -0.15) is 13.2 Å². The molecule has 4 nitrogen and oxygen atoms in total. The summed E-state index contributed by atoms with van der Waals surface area (Å²) in [6, 6.07) is 0. The highest BCUT2D eigenvalue weighted by molar-refractivity contribution is 5.72. The van der Waals surface area contributed by atoms with Crippen molar-refractivity contribution in [3.63, 3.8) is 0 Å². The van der Waals surface area contributed by atoms with Crippen molar-refractivity contribution in [3.8, 4) is 0 Å². The van der Waals surface area contributed by atoms with Crippen molar-refractivity contribution in [2.45, 2.75) is 31.5 Å². The molecule has 0 rings (SSSR count). The molecular formula is C8H14F3NO3. The minimum atomic E-state index is -4.23. The van der Waals surface area contributed by atoms with Crippen LogP contribution in [0.3, 0.4) is 0 Å². The Labute approximate surface area is 85.2 Å². The molecule has 0 bridgehead atoms. The summed E-state index contributed by atoms with van der Waals surface area (Å²) in [7, 11) is 0. The average Bonchev–Trinajstić information content (AvgIpc) is 2.08. The van der Waals surface area contributed by atoms with Gasteiger partial charge in [-0.3, -0.25) is 0 Å². The maximum atomic E-state index is 11.7. The lowest BCUT2D eigenvalue weighted by atomic mass is 10.2. The van der Waals surface area contributed by atoms with Crippen molar-refractivity contribution in [2.75, 3.05) is 13.2 Å². The second kappa shape index (κ2) is 6.62. The van der Waals surface area contributed by atoms with Crippen LogP contribution in [0.5, 0.6) is 0 Å². The van der Waals surface area contributed by atoms with Gasteiger partial charge in [-0.25, -0.2) is 4.79 Å².